The molecule has 1 aromatic carbocycles. The van der Waals surface area contributed by atoms with Crippen LogP contribution in [0.3, 0.4) is 0 Å². The number of aryl methyl sites for hydroxylation is 1. The lowest BCUT2D eigenvalue weighted by Gasteiger charge is -2.18. The van der Waals surface area contributed by atoms with Crippen LogP contribution in [0.2, 0.25) is 0 Å². The lowest BCUT2D eigenvalue weighted by atomic mass is 10.2. The van der Waals surface area contributed by atoms with Crippen molar-refractivity contribution in [2.24, 2.45) is 5.73 Å². The first-order valence-electron chi connectivity index (χ1n) is 8.04. The molecule has 1 saturated heterocycles. The number of nitrogens with one attached hydrogen (secondary N) is 1. The molecule has 0 radical (unpaired) electrons. The van der Waals surface area contributed by atoms with Gasteiger partial charge in [-0.1, -0.05) is 29.5 Å². The number of carbonyl (C=O) groups is 2. The Kier molecular flexibility index (Phi) is 5.22. The molecule has 8 nitrogen and oxygen atoms in total. The molecule has 0 bridgehead atoms. The van der Waals surface area contributed by atoms with Gasteiger partial charge in [0.25, 0.3) is 0 Å². The summed E-state index contributed by atoms with van der Waals surface area (Å²) >= 11 is 1.22. The summed E-state index contributed by atoms with van der Waals surface area (Å²) in [5, 5.41) is 11.2. The first-order chi connectivity index (χ1) is 12.0. The second-order valence-electron chi connectivity index (χ2n) is 5.85. The Labute approximate surface area is 149 Å². The van der Waals surface area contributed by atoms with Crippen LogP contribution >= 0.6 is 11.8 Å². The molecule has 0 unspecified atom stereocenters. The van der Waals surface area contributed by atoms with Crippen LogP contribution in [0, 0.1) is 6.92 Å². The number of anilines is 1. The zero-order valence-electron chi connectivity index (χ0n) is 13.9. The van der Waals surface area contributed by atoms with Crippen LogP contribution in [0.5, 0.6) is 0 Å². The fourth-order valence-corrected chi connectivity index (χ4v) is 3.45. The van der Waals surface area contributed by atoms with Crippen molar-refractivity contribution in [3.8, 4) is 5.69 Å². The number of imide groups is 1. The smallest absolute Gasteiger partial charge is 0.318 e. The number of amides is 3. The van der Waals surface area contributed by atoms with E-state index < -0.39 is 11.9 Å². The number of hydrogen-bond donors (Lipinski definition) is 2. The third-order valence-electron chi connectivity index (χ3n) is 3.89. The van der Waals surface area contributed by atoms with Gasteiger partial charge in [0, 0.05) is 13.1 Å². The molecule has 2 heterocycles. The average molecular weight is 360 g/mol. The highest BCUT2D eigenvalue weighted by Crippen LogP contribution is 2.28. The molecule has 3 amide bonds. The number of urea groups is 1. The number of carbonyl (C=O) groups excluding carboxylic acids is 2. The van der Waals surface area contributed by atoms with Crippen molar-refractivity contribution in [3.05, 3.63) is 29.8 Å². The summed E-state index contributed by atoms with van der Waals surface area (Å²) in [6.07, 6.45) is 2.26. The average Bonchev–Trinajstić information content (AvgIpc) is 3.22. The van der Waals surface area contributed by atoms with Gasteiger partial charge in [-0.2, -0.15) is 0 Å². The van der Waals surface area contributed by atoms with Crippen LogP contribution < -0.4 is 16.0 Å². The highest BCUT2D eigenvalue weighted by molar-refractivity contribution is 7.99. The minimum absolute atomic E-state index is 0.0347. The molecule has 2 aromatic rings. The van der Waals surface area contributed by atoms with Crippen molar-refractivity contribution >= 4 is 29.6 Å². The van der Waals surface area contributed by atoms with Crippen molar-refractivity contribution in [1.29, 1.82) is 0 Å². The van der Waals surface area contributed by atoms with Gasteiger partial charge in [0.1, 0.15) is 0 Å². The van der Waals surface area contributed by atoms with E-state index in [0.29, 0.717) is 5.16 Å². The van der Waals surface area contributed by atoms with Crippen molar-refractivity contribution in [2.75, 3.05) is 23.7 Å². The summed E-state index contributed by atoms with van der Waals surface area (Å²) in [6, 6.07) is 7.20. The van der Waals surface area contributed by atoms with Gasteiger partial charge in [0.15, 0.2) is 5.16 Å². The molecule has 0 aliphatic carbocycles. The molecule has 3 rings (SSSR count). The third kappa shape index (κ3) is 4.11. The second kappa shape index (κ2) is 7.56. The summed E-state index contributed by atoms with van der Waals surface area (Å²) in [7, 11) is 0. The van der Waals surface area contributed by atoms with Crippen molar-refractivity contribution in [2.45, 2.75) is 24.9 Å². The fraction of sp³-hybridized carbons (Fsp3) is 0.375. The number of rotatable bonds is 5. The summed E-state index contributed by atoms with van der Waals surface area (Å²) < 4.78 is 1.95. The number of thioether (sulfide) groups is 1. The van der Waals surface area contributed by atoms with Gasteiger partial charge in [-0.05, 0) is 31.9 Å². The molecule has 0 saturated carbocycles. The Bertz CT molecular complexity index is 767. The molecule has 0 spiro atoms. The molecule has 3 N–H and O–H groups in total. The Morgan fingerprint density at radius 2 is 1.88 bits per heavy atom. The normalized spacial score (nSPS) is 13.9. The van der Waals surface area contributed by atoms with Gasteiger partial charge >= 0.3 is 6.03 Å². The molecule has 1 aromatic heterocycles. The minimum atomic E-state index is -0.858. The SMILES string of the molecule is Cc1ccc(-n2c(SCC(=O)NC(N)=O)nnc2N2CCCC2)cc1. The molecule has 1 aliphatic rings. The van der Waals surface area contributed by atoms with Gasteiger partial charge in [-0.15, -0.1) is 10.2 Å². The standard InChI is InChI=1S/C16H20N6O2S/c1-11-4-6-12(7-5-11)22-15(21-8-2-3-9-21)19-20-16(22)25-10-13(23)18-14(17)24/h4-7H,2-3,8-10H2,1H3,(H3,17,18,23,24). The maximum absolute atomic E-state index is 11.7. The molecule has 9 heteroatoms. The van der Waals surface area contributed by atoms with Crippen LogP contribution in [0.15, 0.2) is 29.4 Å². The Balaban J connectivity index is 1.88. The van der Waals surface area contributed by atoms with E-state index in [-0.39, 0.29) is 5.75 Å². The van der Waals surface area contributed by atoms with E-state index in [4.69, 9.17) is 5.73 Å². The van der Waals surface area contributed by atoms with Gasteiger partial charge in [-0.3, -0.25) is 14.7 Å². The van der Waals surface area contributed by atoms with Gasteiger partial charge in [-0.25, -0.2) is 4.79 Å². The van der Waals surface area contributed by atoms with E-state index in [1.807, 2.05) is 35.8 Å². The largest absolute Gasteiger partial charge is 0.351 e. The van der Waals surface area contributed by atoms with Crippen LogP contribution in [-0.2, 0) is 4.79 Å². The van der Waals surface area contributed by atoms with Crippen LogP contribution in [0.4, 0.5) is 10.7 Å². The van der Waals surface area contributed by atoms with E-state index in [0.717, 1.165) is 43.1 Å². The fourth-order valence-electron chi connectivity index (χ4n) is 2.70. The zero-order chi connectivity index (χ0) is 17.8. The third-order valence-corrected chi connectivity index (χ3v) is 4.82. The Morgan fingerprint density at radius 3 is 2.52 bits per heavy atom. The van der Waals surface area contributed by atoms with Crippen molar-refractivity contribution in [3.63, 3.8) is 0 Å². The number of benzene rings is 1. The predicted molar refractivity (Wildman–Crippen MR) is 96.0 cm³/mol. The molecule has 0 atom stereocenters. The second-order valence-corrected chi connectivity index (χ2v) is 6.79. The van der Waals surface area contributed by atoms with E-state index in [1.54, 1.807) is 0 Å². The number of aromatic nitrogens is 3. The van der Waals surface area contributed by atoms with Crippen LogP contribution in [-0.4, -0.2) is 45.5 Å². The van der Waals surface area contributed by atoms with Gasteiger partial charge in [0.2, 0.25) is 11.9 Å². The lowest BCUT2D eigenvalue weighted by Crippen LogP contribution is -2.36. The molecule has 1 fully saturated rings. The predicted octanol–water partition coefficient (Wildman–Crippen LogP) is 1.46. The Hall–Kier alpha value is -2.55. The summed E-state index contributed by atoms with van der Waals surface area (Å²) in [6.45, 7) is 3.91. The zero-order valence-corrected chi connectivity index (χ0v) is 14.8. The first kappa shape index (κ1) is 17.3. The van der Waals surface area contributed by atoms with Crippen LogP contribution in [0.25, 0.3) is 5.69 Å². The maximum Gasteiger partial charge on any atom is 0.318 e. The maximum atomic E-state index is 11.7. The highest BCUT2D eigenvalue weighted by atomic mass is 32.2. The number of hydrogen-bond acceptors (Lipinski definition) is 6. The summed E-state index contributed by atoms with van der Waals surface area (Å²) in [5.41, 5.74) is 7.07. The highest BCUT2D eigenvalue weighted by Gasteiger charge is 2.22. The van der Waals surface area contributed by atoms with E-state index >= 15 is 0 Å². The number of nitrogens with two attached hydrogens (primary N) is 1. The topological polar surface area (TPSA) is 106 Å². The van der Waals surface area contributed by atoms with Crippen molar-refractivity contribution in [1.82, 2.24) is 20.1 Å². The summed E-state index contributed by atoms with van der Waals surface area (Å²) in [4.78, 5) is 24.6. The monoisotopic (exact) mass is 360 g/mol. The molecule has 1 aliphatic heterocycles. The number of primary amides is 1. The lowest BCUT2D eigenvalue weighted by molar-refractivity contribution is -0.117. The van der Waals surface area contributed by atoms with Gasteiger partial charge < -0.3 is 10.6 Å². The Morgan fingerprint density at radius 1 is 1.20 bits per heavy atom. The minimum Gasteiger partial charge on any atom is -0.351 e. The van der Waals surface area contributed by atoms with Gasteiger partial charge in [0.05, 0.1) is 11.4 Å². The quantitative estimate of drug-likeness (QED) is 0.782. The molecular formula is C16H20N6O2S. The van der Waals surface area contributed by atoms with E-state index in [2.05, 4.69) is 20.4 Å². The van der Waals surface area contributed by atoms with E-state index in [1.165, 1.54) is 11.8 Å². The molecule has 25 heavy (non-hydrogen) atoms. The number of nitrogens with zero attached hydrogens (tertiary/aromatic N) is 4. The summed E-state index contributed by atoms with van der Waals surface area (Å²) in [5.74, 6) is 0.352. The van der Waals surface area contributed by atoms with Crippen molar-refractivity contribution < 1.29 is 9.59 Å². The molecule has 132 valence electrons. The molecular weight excluding hydrogens is 340 g/mol. The van der Waals surface area contributed by atoms with E-state index in [9.17, 15) is 9.59 Å². The first-order valence-corrected chi connectivity index (χ1v) is 9.02. The van der Waals surface area contributed by atoms with Crippen LogP contribution in [0.1, 0.15) is 18.4 Å².